The van der Waals surface area contributed by atoms with Crippen LogP contribution in [0.2, 0.25) is 0 Å². The molecule has 3 aromatic rings. The van der Waals surface area contributed by atoms with Crippen LogP contribution in [-0.4, -0.2) is 23.8 Å². The van der Waals surface area contributed by atoms with E-state index in [0.717, 1.165) is 10.1 Å². The van der Waals surface area contributed by atoms with E-state index in [2.05, 4.69) is 4.98 Å². The number of hydrogen-bond acceptors (Lipinski definition) is 4. The minimum absolute atomic E-state index is 0.285. The molecular weight excluding hydrogens is 284 g/mol. The van der Waals surface area contributed by atoms with Crippen molar-refractivity contribution in [2.75, 3.05) is 0 Å². The van der Waals surface area contributed by atoms with Gasteiger partial charge < -0.3 is 9.67 Å². The molecule has 0 saturated heterocycles. The highest BCUT2D eigenvalue weighted by molar-refractivity contribution is 5.71. The highest BCUT2D eigenvalue weighted by Crippen LogP contribution is 2.14. The maximum Gasteiger partial charge on any atom is 0.332 e. The van der Waals surface area contributed by atoms with Gasteiger partial charge in [-0.05, 0) is 5.56 Å². The smallest absolute Gasteiger partial charge is 0.332 e. The topological polar surface area (TPSA) is 82.1 Å². The molecular formula is C15H16N4O3. The van der Waals surface area contributed by atoms with Gasteiger partial charge in [-0.25, -0.2) is 9.78 Å². The van der Waals surface area contributed by atoms with Crippen LogP contribution in [0.1, 0.15) is 11.4 Å². The molecule has 0 fully saturated rings. The lowest BCUT2D eigenvalue weighted by atomic mass is 10.2. The molecule has 0 aliphatic heterocycles. The van der Waals surface area contributed by atoms with E-state index in [1.165, 1.54) is 11.6 Å². The van der Waals surface area contributed by atoms with Crippen LogP contribution >= 0.6 is 0 Å². The van der Waals surface area contributed by atoms with Crippen molar-refractivity contribution in [3.05, 3.63) is 62.6 Å². The largest absolute Gasteiger partial charge is 0.388 e. The van der Waals surface area contributed by atoms with Crippen molar-refractivity contribution in [3.8, 4) is 0 Å². The summed E-state index contributed by atoms with van der Waals surface area (Å²) in [5, 5.41) is 9.54. The van der Waals surface area contributed by atoms with E-state index in [0.29, 0.717) is 17.9 Å². The number of benzene rings is 1. The third kappa shape index (κ3) is 2.06. The number of imidazole rings is 1. The number of aliphatic hydroxyl groups is 1. The molecule has 3 rings (SSSR count). The molecule has 0 atom stereocenters. The highest BCUT2D eigenvalue weighted by Gasteiger charge is 2.18. The average Bonchev–Trinajstić information content (AvgIpc) is 2.90. The zero-order valence-electron chi connectivity index (χ0n) is 12.4. The molecule has 0 aliphatic rings. The average molecular weight is 300 g/mol. The number of fused-ring (bicyclic) bond motifs is 1. The van der Waals surface area contributed by atoms with Gasteiger partial charge >= 0.3 is 5.69 Å². The summed E-state index contributed by atoms with van der Waals surface area (Å²) in [4.78, 5) is 28.7. The van der Waals surface area contributed by atoms with E-state index in [-0.39, 0.29) is 12.3 Å². The molecule has 0 spiro atoms. The minimum atomic E-state index is -0.439. The monoisotopic (exact) mass is 300 g/mol. The first-order chi connectivity index (χ1) is 10.5. The molecule has 2 aromatic heterocycles. The normalized spacial score (nSPS) is 11.2. The van der Waals surface area contributed by atoms with Gasteiger partial charge in [-0.1, -0.05) is 30.3 Å². The number of aryl methyl sites for hydroxylation is 1. The summed E-state index contributed by atoms with van der Waals surface area (Å²) in [7, 11) is 2.99. The first kappa shape index (κ1) is 14.3. The van der Waals surface area contributed by atoms with Gasteiger partial charge in [0.25, 0.3) is 5.56 Å². The lowest BCUT2D eigenvalue weighted by Crippen LogP contribution is -2.37. The molecule has 0 saturated carbocycles. The van der Waals surface area contributed by atoms with Crippen LogP contribution in [0.4, 0.5) is 0 Å². The second-order valence-electron chi connectivity index (χ2n) is 5.14. The van der Waals surface area contributed by atoms with E-state index in [1.807, 2.05) is 30.3 Å². The number of aliphatic hydroxyl groups excluding tert-OH is 1. The molecule has 1 N–H and O–H groups in total. The van der Waals surface area contributed by atoms with Crippen molar-refractivity contribution < 1.29 is 5.11 Å². The lowest BCUT2D eigenvalue weighted by Gasteiger charge is -2.08. The standard InChI is InChI=1S/C15H16N4O3/c1-17-13-12(14(21)18(2)15(17)22)19(11(9-20)16-13)8-10-6-4-3-5-7-10/h3-7,20H,8-9H2,1-2H3. The Morgan fingerprint density at radius 2 is 1.77 bits per heavy atom. The van der Waals surface area contributed by atoms with E-state index in [1.54, 1.807) is 11.6 Å². The molecule has 22 heavy (non-hydrogen) atoms. The van der Waals surface area contributed by atoms with Crippen molar-refractivity contribution >= 4 is 11.2 Å². The van der Waals surface area contributed by atoms with Gasteiger partial charge in [0.2, 0.25) is 0 Å². The molecule has 0 unspecified atom stereocenters. The fourth-order valence-corrected chi connectivity index (χ4v) is 2.55. The van der Waals surface area contributed by atoms with Crippen molar-refractivity contribution in [1.29, 1.82) is 0 Å². The molecule has 7 nitrogen and oxygen atoms in total. The SMILES string of the molecule is Cn1c(=O)c2c(nc(CO)n2Cc2ccccc2)n(C)c1=O. The molecule has 0 aliphatic carbocycles. The fourth-order valence-electron chi connectivity index (χ4n) is 2.55. The zero-order chi connectivity index (χ0) is 15.9. The number of hydrogen-bond donors (Lipinski definition) is 1. The quantitative estimate of drug-likeness (QED) is 0.736. The van der Waals surface area contributed by atoms with Crippen molar-refractivity contribution in [1.82, 2.24) is 18.7 Å². The van der Waals surface area contributed by atoms with Crippen molar-refractivity contribution in [3.63, 3.8) is 0 Å². The zero-order valence-corrected chi connectivity index (χ0v) is 12.4. The third-order valence-corrected chi connectivity index (χ3v) is 3.75. The maximum absolute atomic E-state index is 12.4. The Hall–Kier alpha value is -2.67. The van der Waals surface area contributed by atoms with Crippen LogP contribution in [0.25, 0.3) is 11.2 Å². The van der Waals surface area contributed by atoms with Gasteiger partial charge in [-0.15, -0.1) is 0 Å². The minimum Gasteiger partial charge on any atom is -0.388 e. The maximum atomic E-state index is 12.4. The lowest BCUT2D eigenvalue weighted by molar-refractivity contribution is 0.267. The highest BCUT2D eigenvalue weighted by atomic mass is 16.3. The van der Waals surface area contributed by atoms with Crippen LogP contribution in [0.5, 0.6) is 0 Å². The summed E-state index contributed by atoms with van der Waals surface area (Å²) in [6, 6.07) is 9.58. The Labute approximate surface area is 125 Å². The predicted molar refractivity (Wildman–Crippen MR) is 81.7 cm³/mol. The molecule has 0 bridgehead atoms. The number of nitrogens with zero attached hydrogens (tertiary/aromatic N) is 4. The van der Waals surface area contributed by atoms with E-state index in [4.69, 9.17) is 0 Å². The van der Waals surface area contributed by atoms with Crippen LogP contribution in [0, 0.1) is 0 Å². The molecule has 7 heteroatoms. The Morgan fingerprint density at radius 3 is 2.41 bits per heavy atom. The molecule has 0 radical (unpaired) electrons. The van der Waals surface area contributed by atoms with Crippen LogP contribution in [0.3, 0.4) is 0 Å². The molecule has 0 amide bonds. The fraction of sp³-hybridized carbons (Fsp3) is 0.267. The van der Waals surface area contributed by atoms with Gasteiger partial charge in [0.15, 0.2) is 11.2 Å². The van der Waals surface area contributed by atoms with E-state index in [9.17, 15) is 14.7 Å². The number of rotatable bonds is 3. The van der Waals surface area contributed by atoms with Crippen LogP contribution in [0.15, 0.2) is 39.9 Å². The van der Waals surface area contributed by atoms with Gasteiger partial charge in [0.05, 0.1) is 0 Å². The van der Waals surface area contributed by atoms with Crippen molar-refractivity contribution in [2.24, 2.45) is 14.1 Å². The second-order valence-corrected chi connectivity index (χ2v) is 5.14. The third-order valence-electron chi connectivity index (χ3n) is 3.75. The Kier molecular flexibility index (Phi) is 3.42. The summed E-state index contributed by atoms with van der Waals surface area (Å²) >= 11 is 0. The molecule has 2 heterocycles. The summed E-state index contributed by atoms with van der Waals surface area (Å²) in [6.07, 6.45) is 0. The van der Waals surface area contributed by atoms with Crippen LogP contribution < -0.4 is 11.2 Å². The Morgan fingerprint density at radius 1 is 1.09 bits per heavy atom. The van der Waals surface area contributed by atoms with Gasteiger partial charge in [-0.3, -0.25) is 13.9 Å². The van der Waals surface area contributed by atoms with Crippen LogP contribution in [-0.2, 0) is 27.2 Å². The Bertz CT molecular complexity index is 951. The Balaban J connectivity index is 2.34. The first-order valence-electron chi connectivity index (χ1n) is 6.84. The summed E-state index contributed by atoms with van der Waals surface area (Å²) in [5.74, 6) is 0.358. The van der Waals surface area contributed by atoms with E-state index >= 15 is 0 Å². The predicted octanol–water partition coefficient (Wildman–Crippen LogP) is -0.0257. The van der Waals surface area contributed by atoms with Gasteiger partial charge in [0.1, 0.15) is 12.4 Å². The van der Waals surface area contributed by atoms with E-state index < -0.39 is 11.2 Å². The molecule has 1 aromatic carbocycles. The first-order valence-corrected chi connectivity index (χ1v) is 6.84. The van der Waals surface area contributed by atoms with Gasteiger partial charge in [0, 0.05) is 20.6 Å². The van der Waals surface area contributed by atoms with Gasteiger partial charge in [-0.2, -0.15) is 0 Å². The summed E-state index contributed by atoms with van der Waals surface area (Å²) < 4.78 is 4.02. The molecule has 114 valence electrons. The second kappa shape index (κ2) is 5.27. The number of aromatic nitrogens is 4. The summed E-state index contributed by atoms with van der Waals surface area (Å²) in [5.41, 5.74) is 0.727. The summed E-state index contributed by atoms with van der Waals surface area (Å²) in [6.45, 7) is 0.0968. The van der Waals surface area contributed by atoms with Crippen molar-refractivity contribution in [2.45, 2.75) is 13.2 Å².